The van der Waals surface area contributed by atoms with E-state index in [-0.39, 0.29) is 18.0 Å². The van der Waals surface area contributed by atoms with Gasteiger partial charge in [-0.05, 0) is 73.9 Å². The summed E-state index contributed by atoms with van der Waals surface area (Å²) >= 11 is 0. The average Bonchev–Trinajstić information content (AvgIpc) is 3.45. The first-order valence-electron chi connectivity index (χ1n) is 12.7. The van der Waals surface area contributed by atoms with Gasteiger partial charge in [0.15, 0.2) is 5.82 Å². The number of hydrogen-bond donors (Lipinski definition) is 2. The zero-order valence-electron chi connectivity index (χ0n) is 21.8. The van der Waals surface area contributed by atoms with Crippen molar-refractivity contribution in [2.45, 2.75) is 31.8 Å². The minimum Gasteiger partial charge on any atom is -0.497 e. The lowest BCUT2D eigenvalue weighted by Crippen LogP contribution is -2.49. The lowest BCUT2D eigenvalue weighted by atomic mass is 10.1. The summed E-state index contributed by atoms with van der Waals surface area (Å²) in [4.78, 5) is 33.4. The minimum absolute atomic E-state index is 0.191. The summed E-state index contributed by atoms with van der Waals surface area (Å²) in [5.74, 6) is -0.180. The molecule has 2 aromatic carbocycles. The van der Waals surface area contributed by atoms with Gasteiger partial charge in [-0.2, -0.15) is 9.37 Å². The molecule has 2 amide bonds. The molecule has 11 heteroatoms. The fourth-order valence-electron chi connectivity index (χ4n) is 4.65. The lowest BCUT2D eigenvalue weighted by molar-refractivity contribution is -0.124. The first-order chi connectivity index (χ1) is 19.4. The number of benzene rings is 2. The fourth-order valence-corrected chi connectivity index (χ4v) is 4.65. The Hall–Kier alpha value is -5.06. The van der Waals surface area contributed by atoms with Crippen LogP contribution < -0.4 is 15.4 Å². The number of ether oxygens (including phenoxy) is 1. The first kappa shape index (κ1) is 25.2. The Balaban J connectivity index is 1.19. The van der Waals surface area contributed by atoms with E-state index in [2.05, 4.69) is 25.8 Å². The molecule has 10 nitrogen and oxygen atoms in total. The molecule has 0 unspecified atom stereocenters. The van der Waals surface area contributed by atoms with E-state index in [0.717, 1.165) is 33.6 Å². The van der Waals surface area contributed by atoms with Gasteiger partial charge in [-0.3, -0.25) is 9.59 Å². The number of nitrogens with one attached hydrogen (secondary N) is 2. The van der Waals surface area contributed by atoms with E-state index in [4.69, 9.17) is 9.26 Å². The molecule has 3 heterocycles. The summed E-state index contributed by atoms with van der Waals surface area (Å²) in [6.45, 7) is 2.03. The van der Waals surface area contributed by atoms with Gasteiger partial charge < -0.3 is 24.5 Å². The Bertz CT molecular complexity index is 1740. The maximum Gasteiger partial charge on any atom is 0.274 e. The highest BCUT2D eigenvalue weighted by Gasteiger charge is 2.51. The molecule has 1 saturated carbocycles. The van der Waals surface area contributed by atoms with E-state index >= 15 is 0 Å². The topological polar surface area (TPSA) is 124 Å². The largest absolute Gasteiger partial charge is 0.497 e. The first-order valence-corrected chi connectivity index (χ1v) is 12.7. The molecule has 0 spiro atoms. The van der Waals surface area contributed by atoms with Crippen LogP contribution in [0.3, 0.4) is 0 Å². The van der Waals surface area contributed by atoms with Gasteiger partial charge in [0.1, 0.15) is 17.0 Å². The van der Waals surface area contributed by atoms with Crippen LogP contribution in [0, 0.1) is 12.9 Å². The molecule has 0 atom stereocenters. The van der Waals surface area contributed by atoms with E-state index in [1.165, 1.54) is 18.3 Å². The predicted molar refractivity (Wildman–Crippen MR) is 143 cm³/mol. The average molecular weight is 541 g/mol. The van der Waals surface area contributed by atoms with Gasteiger partial charge in [-0.1, -0.05) is 17.3 Å². The van der Waals surface area contributed by atoms with Crippen molar-refractivity contribution < 1.29 is 23.2 Å². The van der Waals surface area contributed by atoms with Crippen molar-refractivity contribution in [1.29, 1.82) is 0 Å². The number of methoxy groups -OCH3 is 1. The highest BCUT2D eigenvalue weighted by molar-refractivity contribution is 6.00. The van der Waals surface area contributed by atoms with E-state index in [9.17, 15) is 14.0 Å². The second-order valence-corrected chi connectivity index (χ2v) is 9.66. The lowest BCUT2D eigenvalue weighted by Gasteiger charge is -2.17. The van der Waals surface area contributed by atoms with Gasteiger partial charge in [0.25, 0.3) is 11.8 Å². The monoisotopic (exact) mass is 540 g/mol. The van der Waals surface area contributed by atoms with Gasteiger partial charge in [0.05, 0.1) is 18.2 Å². The van der Waals surface area contributed by atoms with Crippen LogP contribution in [-0.2, 0) is 11.3 Å². The number of aryl methyl sites for hydroxylation is 1. The van der Waals surface area contributed by atoms with Crippen molar-refractivity contribution in [2.75, 3.05) is 7.11 Å². The second-order valence-electron chi connectivity index (χ2n) is 9.66. The molecule has 3 aromatic heterocycles. The van der Waals surface area contributed by atoms with E-state index in [1.54, 1.807) is 14.0 Å². The van der Waals surface area contributed by atoms with Crippen molar-refractivity contribution in [2.24, 2.45) is 0 Å². The third-order valence-electron chi connectivity index (χ3n) is 6.94. The van der Waals surface area contributed by atoms with Crippen molar-refractivity contribution in [3.63, 3.8) is 0 Å². The summed E-state index contributed by atoms with van der Waals surface area (Å²) < 4.78 is 26.8. The molecule has 2 N–H and O–H groups in total. The van der Waals surface area contributed by atoms with Gasteiger partial charge >= 0.3 is 0 Å². The summed E-state index contributed by atoms with van der Waals surface area (Å²) in [7, 11) is 1.62. The molecule has 40 heavy (non-hydrogen) atoms. The van der Waals surface area contributed by atoms with Gasteiger partial charge in [-0.15, -0.1) is 0 Å². The Morgan fingerprint density at radius 1 is 1.12 bits per heavy atom. The Morgan fingerprint density at radius 2 is 1.93 bits per heavy atom. The van der Waals surface area contributed by atoms with Gasteiger partial charge in [-0.25, -0.2) is 4.98 Å². The molecular weight excluding hydrogens is 515 g/mol. The van der Waals surface area contributed by atoms with Crippen LogP contribution in [0.15, 0.2) is 71.4 Å². The third-order valence-corrected chi connectivity index (χ3v) is 6.94. The number of aromatic nitrogens is 4. The maximum atomic E-state index is 13.9. The zero-order chi connectivity index (χ0) is 27.9. The van der Waals surface area contributed by atoms with Gasteiger partial charge in [0.2, 0.25) is 11.9 Å². The molecule has 0 radical (unpaired) electrons. The summed E-state index contributed by atoms with van der Waals surface area (Å²) in [5.41, 5.74) is 2.17. The molecule has 0 saturated heterocycles. The molecule has 1 aliphatic carbocycles. The Kier molecular flexibility index (Phi) is 6.25. The number of nitrogens with zero attached hydrogens (tertiary/aromatic N) is 4. The summed E-state index contributed by atoms with van der Waals surface area (Å²) in [5, 5.41) is 10.5. The third kappa shape index (κ3) is 4.66. The predicted octanol–water partition coefficient (Wildman–Crippen LogP) is 4.11. The highest BCUT2D eigenvalue weighted by atomic mass is 19.1. The number of amides is 2. The Labute approximate surface area is 228 Å². The normalized spacial score (nSPS) is 13.7. The molecule has 1 aliphatic rings. The smallest absolute Gasteiger partial charge is 0.274 e. The number of rotatable bonds is 8. The zero-order valence-corrected chi connectivity index (χ0v) is 21.8. The van der Waals surface area contributed by atoms with Crippen LogP contribution in [-0.4, -0.2) is 44.2 Å². The second kappa shape index (κ2) is 9.92. The van der Waals surface area contributed by atoms with Crippen molar-refractivity contribution in [3.05, 3.63) is 89.8 Å². The summed E-state index contributed by atoms with van der Waals surface area (Å²) in [6, 6.07) is 18.3. The number of hydrogen-bond acceptors (Lipinski definition) is 7. The van der Waals surface area contributed by atoms with Crippen LogP contribution in [0.25, 0.3) is 28.2 Å². The number of halogens is 1. The molecule has 5 aromatic rings. The van der Waals surface area contributed by atoms with Crippen LogP contribution in [0.5, 0.6) is 5.75 Å². The quantitative estimate of drug-likeness (QED) is 0.284. The van der Waals surface area contributed by atoms with Crippen LogP contribution in [0.2, 0.25) is 0 Å². The molecule has 202 valence electrons. The van der Waals surface area contributed by atoms with Crippen LogP contribution in [0.4, 0.5) is 4.39 Å². The van der Waals surface area contributed by atoms with E-state index in [0.29, 0.717) is 24.6 Å². The number of pyridine rings is 1. The van der Waals surface area contributed by atoms with E-state index < -0.39 is 17.4 Å². The summed E-state index contributed by atoms with van der Waals surface area (Å²) in [6.07, 6.45) is 2.23. The standard InChI is InChI=1S/C29H25FN6O4/c1-17-33-27(40-35-17)24-15-19-14-21(39-2)9-10-23(19)36(24)20-7-5-18(6-8-20)16-32-28(38)29(11-12-29)34-26(37)22-4-3-13-31-25(22)30/h3-10,13-15H,11-12,16H2,1-2H3,(H,32,38)(H,34,37). The SMILES string of the molecule is COc1ccc2c(c1)cc(-c1nc(C)no1)n2-c1ccc(CNC(=O)C2(NC(=O)c3cccnc3F)CC2)cc1. The molecule has 1 fully saturated rings. The maximum absolute atomic E-state index is 13.9. The van der Waals surface area contributed by atoms with Crippen LogP contribution >= 0.6 is 0 Å². The molecule has 0 bridgehead atoms. The van der Waals surface area contributed by atoms with Crippen molar-refractivity contribution >= 4 is 22.7 Å². The molecular formula is C29H25FN6O4. The number of fused-ring (bicyclic) bond motifs is 1. The van der Waals surface area contributed by atoms with Crippen LogP contribution in [0.1, 0.15) is 34.6 Å². The minimum atomic E-state index is -1.04. The fraction of sp³-hybridized carbons (Fsp3) is 0.207. The Morgan fingerprint density at radius 3 is 2.60 bits per heavy atom. The number of carbonyl (C=O) groups excluding carboxylic acids is 2. The molecule has 0 aliphatic heterocycles. The van der Waals surface area contributed by atoms with E-state index in [1.807, 2.05) is 53.1 Å². The highest BCUT2D eigenvalue weighted by Crippen LogP contribution is 2.36. The molecule has 6 rings (SSSR count). The van der Waals surface area contributed by atoms with Crippen molar-refractivity contribution in [1.82, 2.24) is 30.3 Å². The van der Waals surface area contributed by atoms with Crippen molar-refractivity contribution in [3.8, 4) is 23.0 Å². The van der Waals surface area contributed by atoms with Gasteiger partial charge in [0, 0.05) is 23.8 Å². The number of carbonyl (C=O) groups is 2.